The van der Waals surface area contributed by atoms with Crippen molar-refractivity contribution < 1.29 is 9.53 Å². The zero-order chi connectivity index (χ0) is 14.6. The van der Waals surface area contributed by atoms with Gasteiger partial charge in [-0.1, -0.05) is 13.8 Å². The van der Waals surface area contributed by atoms with Gasteiger partial charge in [-0.15, -0.1) is 0 Å². The average molecular weight is 270 g/mol. The summed E-state index contributed by atoms with van der Waals surface area (Å²) >= 11 is 0. The highest BCUT2D eigenvalue weighted by molar-refractivity contribution is 5.75. The van der Waals surface area contributed by atoms with E-state index in [1.807, 2.05) is 13.8 Å². The molecule has 1 aliphatic rings. The molecule has 0 aromatic rings. The van der Waals surface area contributed by atoms with Crippen LogP contribution in [0.15, 0.2) is 0 Å². The second-order valence-electron chi connectivity index (χ2n) is 7.07. The first-order valence-corrected chi connectivity index (χ1v) is 7.43. The quantitative estimate of drug-likeness (QED) is 0.769. The van der Waals surface area contributed by atoms with Crippen molar-refractivity contribution in [2.45, 2.75) is 84.0 Å². The molecular weight excluding hydrogens is 240 g/mol. The fourth-order valence-corrected chi connectivity index (χ4v) is 2.45. The number of carbonyl (C=O) groups is 1. The third-order valence-corrected chi connectivity index (χ3v) is 3.58. The molecule has 0 amide bonds. The van der Waals surface area contributed by atoms with Gasteiger partial charge in [-0.3, -0.25) is 4.79 Å². The summed E-state index contributed by atoms with van der Waals surface area (Å²) in [6.07, 6.45) is 4.04. The molecule has 1 rings (SSSR count). The number of carbonyl (C=O) groups excluding carboxylic acids is 1. The summed E-state index contributed by atoms with van der Waals surface area (Å²) in [5.74, 6) is -0.117. The van der Waals surface area contributed by atoms with Gasteiger partial charge in [0.1, 0.15) is 12.1 Å². The molecule has 19 heavy (non-hydrogen) atoms. The molecule has 0 spiro atoms. The van der Waals surface area contributed by atoms with E-state index in [1.54, 1.807) is 0 Å². The van der Waals surface area contributed by atoms with Crippen LogP contribution in [0.3, 0.4) is 0 Å². The number of nitrogens with one attached hydrogen (secondary N) is 1. The SMILES string of the molecule is CC(C)C(N)C(=O)OC1CCC(NC(C)(C)C)CC1. The smallest absolute Gasteiger partial charge is 0.323 e. The van der Waals surface area contributed by atoms with Gasteiger partial charge in [0.2, 0.25) is 0 Å². The molecule has 1 fully saturated rings. The topological polar surface area (TPSA) is 64.4 Å². The molecular formula is C15H30N2O2. The predicted octanol–water partition coefficient (Wildman–Crippen LogP) is 2.21. The van der Waals surface area contributed by atoms with Crippen LogP contribution in [0.1, 0.15) is 60.3 Å². The van der Waals surface area contributed by atoms with E-state index in [1.165, 1.54) is 0 Å². The molecule has 1 atom stereocenters. The van der Waals surface area contributed by atoms with E-state index in [0.29, 0.717) is 6.04 Å². The van der Waals surface area contributed by atoms with Crippen LogP contribution in [0.4, 0.5) is 0 Å². The van der Waals surface area contributed by atoms with E-state index in [2.05, 4.69) is 26.1 Å². The lowest BCUT2D eigenvalue weighted by Crippen LogP contribution is -2.46. The van der Waals surface area contributed by atoms with Gasteiger partial charge in [0.05, 0.1) is 0 Å². The molecule has 0 saturated heterocycles. The summed E-state index contributed by atoms with van der Waals surface area (Å²) in [6, 6.07) is 0.0409. The molecule has 0 bridgehead atoms. The Labute approximate surface area is 117 Å². The summed E-state index contributed by atoms with van der Waals surface area (Å²) in [4.78, 5) is 11.8. The van der Waals surface area contributed by atoms with Crippen LogP contribution in [0, 0.1) is 5.92 Å². The molecule has 112 valence electrons. The maximum atomic E-state index is 11.8. The van der Waals surface area contributed by atoms with Gasteiger partial charge in [0.15, 0.2) is 0 Å². The van der Waals surface area contributed by atoms with Crippen molar-refractivity contribution in [3.63, 3.8) is 0 Å². The van der Waals surface area contributed by atoms with Crippen molar-refractivity contribution in [3.05, 3.63) is 0 Å². The van der Waals surface area contributed by atoms with Crippen LogP contribution in [0.5, 0.6) is 0 Å². The van der Waals surface area contributed by atoms with E-state index in [-0.39, 0.29) is 23.5 Å². The third-order valence-electron chi connectivity index (χ3n) is 3.58. The molecule has 3 N–H and O–H groups in total. The van der Waals surface area contributed by atoms with Crippen molar-refractivity contribution in [1.29, 1.82) is 0 Å². The minimum absolute atomic E-state index is 0.0512. The number of hydrogen-bond acceptors (Lipinski definition) is 4. The van der Waals surface area contributed by atoms with E-state index >= 15 is 0 Å². The number of esters is 1. The maximum absolute atomic E-state index is 11.8. The Hall–Kier alpha value is -0.610. The Bertz CT molecular complexity index is 289. The Balaban J connectivity index is 2.32. The van der Waals surface area contributed by atoms with E-state index in [0.717, 1.165) is 25.7 Å². The van der Waals surface area contributed by atoms with E-state index in [9.17, 15) is 4.79 Å². The van der Waals surface area contributed by atoms with Crippen LogP contribution < -0.4 is 11.1 Å². The third kappa shape index (κ3) is 5.91. The summed E-state index contributed by atoms with van der Waals surface area (Å²) < 4.78 is 5.50. The van der Waals surface area contributed by atoms with Crippen LogP contribution in [-0.2, 0) is 9.53 Å². The monoisotopic (exact) mass is 270 g/mol. The number of nitrogens with two attached hydrogens (primary N) is 1. The number of rotatable bonds is 4. The average Bonchev–Trinajstić information content (AvgIpc) is 2.28. The first kappa shape index (κ1) is 16.4. The van der Waals surface area contributed by atoms with Crippen LogP contribution >= 0.6 is 0 Å². The Morgan fingerprint density at radius 2 is 1.74 bits per heavy atom. The van der Waals surface area contributed by atoms with Crippen molar-refractivity contribution in [1.82, 2.24) is 5.32 Å². The Morgan fingerprint density at radius 1 is 1.21 bits per heavy atom. The first-order valence-electron chi connectivity index (χ1n) is 7.43. The first-order chi connectivity index (χ1) is 8.69. The second-order valence-corrected chi connectivity index (χ2v) is 7.07. The second kappa shape index (κ2) is 6.71. The van der Waals surface area contributed by atoms with Gasteiger partial charge in [0.25, 0.3) is 0 Å². The Kier molecular flexibility index (Phi) is 5.81. The molecule has 0 aromatic carbocycles. The van der Waals surface area contributed by atoms with E-state index < -0.39 is 6.04 Å². The Morgan fingerprint density at radius 3 is 2.16 bits per heavy atom. The predicted molar refractivity (Wildman–Crippen MR) is 77.8 cm³/mol. The van der Waals surface area contributed by atoms with Gasteiger partial charge in [-0.05, 0) is 52.4 Å². The molecule has 0 radical (unpaired) electrons. The minimum Gasteiger partial charge on any atom is -0.461 e. The fraction of sp³-hybridized carbons (Fsp3) is 0.933. The summed E-state index contributed by atoms with van der Waals surface area (Å²) in [5.41, 5.74) is 5.95. The highest BCUT2D eigenvalue weighted by Crippen LogP contribution is 2.23. The lowest BCUT2D eigenvalue weighted by atomic mass is 9.91. The summed E-state index contributed by atoms with van der Waals surface area (Å²) in [5, 5.41) is 3.61. The molecule has 1 aliphatic carbocycles. The van der Waals surface area contributed by atoms with Crippen molar-refractivity contribution in [2.75, 3.05) is 0 Å². The van der Waals surface area contributed by atoms with Gasteiger partial charge >= 0.3 is 5.97 Å². The zero-order valence-corrected chi connectivity index (χ0v) is 13.0. The molecule has 0 aromatic heterocycles. The van der Waals surface area contributed by atoms with Gasteiger partial charge < -0.3 is 15.8 Å². The highest BCUT2D eigenvalue weighted by Gasteiger charge is 2.28. The van der Waals surface area contributed by atoms with Crippen molar-refractivity contribution in [3.8, 4) is 0 Å². The molecule has 4 nitrogen and oxygen atoms in total. The molecule has 0 heterocycles. The minimum atomic E-state index is -0.495. The fourth-order valence-electron chi connectivity index (χ4n) is 2.45. The lowest BCUT2D eigenvalue weighted by Gasteiger charge is -2.34. The maximum Gasteiger partial charge on any atom is 0.323 e. The number of hydrogen-bond donors (Lipinski definition) is 2. The number of ether oxygens (including phenoxy) is 1. The molecule has 4 heteroatoms. The largest absolute Gasteiger partial charge is 0.461 e. The summed E-state index contributed by atoms with van der Waals surface area (Å²) in [6.45, 7) is 10.4. The zero-order valence-electron chi connectivity index (χ0n) is 13.0. The highest BCUT2D eigenvalue weighted by atomic mass is 16.5. The van der Waals surface area contributed by atoms with Crippen LogP contribution in [-0.4, -0.2) is 29.7 Å². The summed E-state index contributed by atoms with van der Waals surface area (Å²) in [7, 11) is 0. The van der Waals surface area contributed by atoms with Crippen LogP contribution in [0.25, 0.3) is 0 Å². The lowest BCUT2D eigenvalue weighted by molar-refractivity contribution is -0.153. The normalized spacial score (nSPS) is 26.3. The van der Waals surface area contributed by atoms with Crippen LogP contribution in [0.2, 0.25) is 0 Å². The van der Waals surface area contributed by atoms with Gasteiger partial charge in [-0.2, -0.15) is 0 Å². The van der Waals surface area contributed by atoms with Crippen molar-refractivity contribution >= 4 is 5.97 Å². The van der Waals surface area contributed by atoms with Crippen molar-refractivity contribution in [2.24, 2.45) is 11.7 Å². The van der Waals surface area contributed by atoms with Gasteiger partial charge in [-0.25, -0.2) is 0 Å². The van der Waals surface area contributed by atoms with E-state index in [4.69, 9.17) is 10.5 Å². The molecule has 0 aliphatic heterocycles. The molecule has 1 saturated carbocycles. The van der Waals surface area contributed by atoms with Gasteiger partial charge in [0, 0.05) is 11.6 Å². The molecule has 1 unspecified atom stereocenters. The standard InChI is InChI=1S/C15H30N2O2/c1-10(2)13(16)14(18)19-12-8-6-11(7-9-12)17-15(3,4)5/h10-13,17H,6-9,16H2,1-5H3.